The zero-order valence-corrected chi connectivity index (χ0v) is 22.6. The zero-order chi connectivity index (χ0) is 27.9. The van der Waals surface area contributed by atoms with Crippen LogP contribution >= 0.6 is 0 Å². The van der Waals surface area contributed by atoms with Crippen LogP contribution in [0.4, 0.5) is 10.5 Å². The van der Waals surface area contributed by atoms with Crippen LogP contribution in [0.1, 0.15) is 37.0 Å². The third-order valence-corrected chi connectivity index (χ3v) is 7.12. The molecule has 4 N–H and O–H groups in total. The van der Waals surface area contributed by atoms with Crippen LogP contribution in [0.3, 0.4) is 0 Å². The maximum atomic E-state index is 13.8. The standard InChI is InChI=1S/C31H36N4O4/c1-20(2)28(32)29(36)34-26-17-16-23-8-5-7-11-27(23)35(30(26)37)19-21-12-14-22(15-13-21)25-10-6-4-9-24(25)18-33-31(38)39-3/h4-15,20,26,28H,16-19,32H2,1-3H3,(H,33,38)(H,34,36)/t26-,28?/m1/s1. The summed E-state index contributed by atoms with van der Waals surface area (Å²) < 4.78 is 4.69. The fourth-order valence-corrected chi connectivity index (χ4v) is 4.75. The van der Waals surface area contributed by atoms with Crippen molar-refractivity contribution in [3.8, 4) is 11.1 Å². The molecule has 8 heteroatoms. The molecule has 3 aromatic carbocycles. The highest BCUT2D eigenvalue weighted by Gasteiger charge is 2.32. The van der Waals surface area contributed by atoms with E-state index in [4.69, 9.17) is 5.73 Å². The predicted octanol–water partition coefficient (Wildman–Crippen LogP) is 4.16. The molecule has 1 aliphatic rings. The van der Waals surface area contributed by atoms with Crippen molar-refractivity contribution >= 4 is 23.6 Å². The lowest BCUT2D eigenvalue weighted by atomic mass is 9.98. The number of amides is 3. The molecule has 8 nitrogen and oxygen atoms in total. The van der Waals surface area contributed by atoms with E-state index >= 15 is 0 Å². The number of benzene rings is 3. The Morgan fingerprint density at radius 3 is 2.44 bits per heavy atom. The van der Waals surface area contributed by atoms with Gasteiger partial charge in [0, 0.05) is 12.2 Å². The monoisotopic (exact) mass is 528 g/mol. The maximum Gasteiger partial charge on any atom is 0.407 e. The number of anilines is 1. The van der Waals surface area contributed by atoms with E-state index in [2.05, 4.69) is 15.4 Å². The molecule has 1 heterocycles. The highest BCUT2D eigenvalue weighted by molar-refractivity contribution is 6.01. The average molecular weight is 529 g/mol. The molecule has 0 radical (unpaired) electrons. The molecule has 0 aliphatic carbocycles. The summed E-state index contributed by atoms with van der Waals surface area (Å²) in [6.07, 6.45) is 0.705. The van der Waals surface area contributed by atoms with Gasteiger partial charge in [0.1, 0.15) is 6.04 Å². The fraction of sp³-hybridized carbons (Fsp3) is 0.323. The number of ether oxygens (including phenoxy) is 1. The topological polar surface area (TPSA) is 114 Å². The van der Waals surface area contributed by atoms with Gasteiger partial charge in [-0.1, -0.05) is 80.6 Å². The first-order chi connectivity index (χ1) is 18.8. The highest BCUT2D eigenvalue weighted by atomic mass is 16.5. The van der Waals surface area contributed by atoms with E-state index in [1.54, 1.807) is 4.90 Å². The second-order valence-corrected chi connectivity index (χ2v) is 10.1. The van der Waals surface area contributed by atoms with Crippen molar-refractivity contribution in [2.75, 3.05) is 12.0 Å². The number of nitrogens with one attached hydrogen (secondary N) is 2. The van der Waals surface area contributed by atoms with Crippen molar-refractivity contribution in [3.05, 3.63) is 89.5 Å². The van der Waals surface area contributed by atoms with Gasteiger partial charge >= 0.3 is 6.09 Å². The molecular weight excluding hydrogens is 492 g/mol. The number of para-hydroxylation sites is 1. The van der Waals surface area contributed by atoms with E-state index in [0.717, 1.165) is 33.5 Å². The number of hydrogen-bond acceptors (Lipinski definition) is 5. The van der Waals surface area contributed by atoms with Crippen molar-refractivity contribution in [3.63, 3.8) is 0 Å². The van der Waals surface area contributed by atoms with Gasteiger partial charge in [0.25, 0.3) is 0 Å². The minimum absolute atomic E-state index is 0.0286. The van der Waals surface area contributed by atoms with Crippen LogP contribution in [0.2, 0.25) is 0 Å². The van der Waals surface area contributed by atoms with E-state index < -0.39 is 18.2 Å². The first-order valence-corrected chi connectivity index (χ1v) is 13.2. The van der Waals surface area contributed by atoms with E-state index in [-0.39, 0.29) is 17.7 Å². The van der Waals surface area contributed by atoms with Gasteiger partial charge in [0.15, 0.2) is 0 Å². The van der Waals surface area contributed by atoms with Crippen LogP contribution in [-0.4, -0.2) is 37.1 Å². The Bertz CT molecular complexity index is 1320. The Morgan fingerprint density at radius 1 is 1.03 bits per heavy atom. The Morgan fingerprint density at radius 2 is 1.72 bits per heavy atom. The summed E-state index contributed by atoms with van der Waals surface area (Å²) in [6, 6.07) is 22.4. The summed E-state index contributed by atoms with van der Waals surface area (Å²) >= 11 is 0. The zero-order valence-electron chi connectivity index (χ0n) is 22.6. The fourth-order valence-electron chi connectivity index (χ4n) is 4.75. The summed E-state index contributed by atoms with van der Waals surface area (Å²) in [5.74, 6) is -0.481. The van der Waals surface area contributed by atoms with Crippen LogP contribution in [0.15, 0.2) is 72.8 Å². The number of rotatable bonds is 8. The maximum absolute atomic E-state index is 13.8. The van der Waals surface area contributed by atoms with Crippen LogP contribution < -0.4 is 21.3 Å². The first kappa shape index (κ1) is 27.9. The lowest BCUT2D eigenvalue weighted by Crippen LogP contribution is -2.53. The Kier molecular flexibility index (Phi) is 8.99. The summed E-state index contributed by atoms with van der Waals surface area (Å²) in [5.41, 5.74) is 11.9. The second-order valence-electron chi connectivity index (χ2n) is 10.1. The molecule has 3 amide bonds. The number of aryl methyl sites for hydroxylation is 1. The Labute approximate surface area is 229 Å². The van der Waals surface area contributed by atoms with Crippen LogP contribution in [0.5, 0.6) is 0 Å². The number of nitrogens with zero attached hydrogens (tertiary/aromatic N) is 1. The molecule has 0 saturated carbocycles. The average Bonchev–Trinajstić information content (AvgIpc) is 3.08. The van der Waals surface area contributed by atoms with Gasteiger partial charge in [-0.15, -0.1) is 0 Å². The van der Waals surface area contributed by atoms with Crippen LogP contribution in [0.25, 0.3) is 11.1 Å². The molecule has 3 aromatic rings. The van der Waals surface area contributed by atoms with Crippen LogP contribution in [0, 0.1) is 5.92 Å². The number of carbonyl (C=O) groups excluding carboxylic acids is 3. The van der Waals surface area contributed by atoms with Gasteiger partial charge in [0.2, 0.25) is 11.8 Å². The lowest BCUT2D eigenvalue weighted by molar-refractivity contribution is -0.129. The molecule has 0 aromatic heterocycles. The molecule has 1 unspecified atom stereocenters. The lowest BCUT2D eigenvalue weighted by Gasteiger charge is -2.27. The number of carbonyl (C=O) groups is 3. The second kappa shape index (κ2) is 12.6. The first-order valence-electron chi connectivity index (χ1n) is 13.2. The van der Waals surface area contributed by atoms with E-state index in [1.165, 1.54) is 7.11 Å². The van der Waals surface area contributed by atoms with Crippen molar-refractivity contribution in [1.29, 1.82) is 0 Å². The molecule has 0 fully saturated rings. The van der Waals surface area contributed by atoms with Crippen molar-refractivity contribution in [2.45, 2.75) is 51.9 Å². The highest BCUT2D eigenvalue weighted by Crippen LogP contribution is 2.30. The Balaban J connectivity index is 1.56. The minimum atomic E-state index is -0.671. The largest absolute Gasteiger partial charge is 0.453 e. The quantitative estimate of drug-likeness (QED) is 0.406. The molecule has 4 rings (SSSR count). The summed E-state index contributed by atoms with van der Waals surface area (Å²) in [4.78, 5) is 39.8. The number of fused-ring (bicyclic) bond motifs is 1. The molecule has 0 spiro atoms. The molecular formula is C31H36N4O4. The number of nitrogens with two attached hydrogens (primary N) is 1. The molecule has 1 aliphatic heterocycles. The SMILES string of the molecule is COC(=O)NCc1ccccc1-c1ccc(CN2C(=O)[C@H](NC(=O)C(N)C(C)C)CCc3ccccc32)cc1. The molecule has 2 atom stereocenters. The van der Waals surface area contributed by atoms with E-state index in [0.29, 0.717) is 25.9 Å². The minimum Gasteiger partial charge on any atom is -0.453 e. The smallest absolute Gasteiger partial charge is 0.407 e. The third-order valence-electron chi connectivity index (χ3n) is 7.12. The van der Waals surface area contributed by atoms with Gasteiger partial charge in [-0.25, -0.2) is 4.79 Å². The summed E-state index contributed by atoms with van der Waals surface area (Å²) in [6.45, 7) is 4.49. The number of methoxy groups -OCH3 is 1. The Hall–Kier alpha value is -4.17. The number of alkyl carbamates (subject to hydrolysis) is 1. The van der Waals surface area contributed by atoms with Gasteiger partial charge in [0.05, 0.1) is 19.7 Å². The molecule has 0 saturated heterocycles. The van der Waals surface area contributed by atoms with Crippen molar-refractivity contribution in [1.82, 2.24) is 10.6 Å². The molecule has 39 heavy (non-hydrogen) atoms. The van der Waals surface area contributed by atoms with Gasteiger partial charge in [-0.3, -0.25) is 9.59 Å². The van der Waals surface area contributed by atoms with E-state index in [9.17, 15) is 14.4 Å². The predicted molar refractivity (Wildman–Crippen MR) is 152 cm³/mol. The molecule has 0 bridgehead atoms. The van der Waals surface area contributed by atoms with Gasteiger partial charge < -0.3 is 26.0 Å². The van der Waals surface area contributed by atoms with Gasteiger partial charge in [-0.05, 0) is 52.6 Å². The van der Waals surface area contributed by atoms with E-state index in [1.807, 2.05) is 86.6 Å². The summed E-state index contributed by atoms with van der Waals surface area (Å²) in [7, 11) is 1.34. The molecule has 204 valence electrons. The number of hydrogen-bond donors (Lipinski definition) is 3. The van der Waals surface area contributed by atoms with Crippen molar-refractivity contribution < 1.29 is 19.1 Å². The summed E-state index contributed by atoms with van der Waals surface area (Å²) in [5, 5.41) is 5.64. The third kappa shape index (κ3) is 6.64. The normalized spacial score (nSPS) is 15.8. The van der Waals surface area contributed by atoms with Crippen LogP contribution in [-0.2, 0) is 33.8 Å². The van der Waals surface area contributed by atoms with Crippen molar-refractivity contribution in [2.24, 2.45) is 11.7 Å². The van der Waals surface area contributed by atoms with Gasteiger partial charge in [-0.2, -0.15) is 0 Å².